The topological polar surface area (TPSA) is 58.6 Å². The van der Waals surface area contributed by atoms with Gasteiger partial charge in [0, 0.05) is 17.6 Å². The van der Waals surface area contributed by atoms with Gasteiger partial charge in [0.15, 0.2) is 5.78 Å². The van der Waals surface area contributed by atoms with Crippen molar-refractivity contribution in [2.24, 2.45) is 0 Å². The summed E-state index contributed by atoms with van der Waals surface area (Å²) < 4.78 is 19.5. The number of aliphatic hydroxyl groups is 1. The number of hydrogen-bond acceptors (Lipinski definition) is 4. The van der Waals surface area contributed by atoms with Crippen LogP contribution >= 0.6 is 0 Å². The molecule has 0 radical (unpaired) electrons. The number of nitrogens with one attached hydrogen (secondary N) is 1. The number of halogens is 1. The number of rotatable bonds is 7. The Balaban J connectivity index is 1.62. The first-order valence-corrected chi connectivity index (χ1v) is 8.38. The minimum atomic E-state index is -0.822. The molecule has 0 fully saturated rings. The zero-order chi connectivity index (χ0) is 18.5. The largest absolute Gasteiger partial charge is 0.490 e. The Bertz CT molecular complexity index is 921. The van der Waals surface area contributed by atoms with Crippen molar-refractivity contribution < 1.29 is 19.0 Å². The highest BCUT2D eigenvalue weighted by Gasteiger charge is 2.14. The summed E-state index contributed by atoms with van der Waals surface area (Å²) in [6, 6.07) is 17.9. The van der Waals surface area contributed by atoms with E-state index in [2.05, 4.69) is 5.32 Å². The molecule has 0 bridgehead atoms. The van der Waals surface area contributed by atoms with Gasteiger partial charge in [0.05, 0.1) is 5.56 Å². The van der Waals surface area contributed by atoms with Gasteiger partial charge in [-0.1, -0.05) is 42.5 Å². The highest BCUT2D eigenvalue weighted by molar-refractivity contribution is 5.99. The molecule has 0 aliphatic heterocycles. The average Bonchev–Trinajstić information content (AvgIpc) is 2.64. The van der Waals surface area contributed by atoms with Gasteiger partial charge in [-0.2, -0.15) is 0 Å². The van der Waals surface area contributed by atoms with Gasteiger partial charge in [-0.3, -0.25) is 4.79 Å². The first-order valence-electron chi connectivity index (χ1n) is 8.38. The Labute approximate surface area is 151 Å². The number of carbonyl (C=O) groups excluding carboxylic acids is 1. The number of fused-ring (bicyclic) bond motifs is 1. The zero-order valence-electron chi connectivity index (χ0n) is 14.4. The first kappa shape index (κ1) is 17.9. The normalized spacial score (nSPS) is 12.0. The lowest BCUT2D eigenvalue weighted by Gasteiger charge is -2.16. The third-order valence-electron chi connectivity index (χ3n) is 4.07. The summed E-state index contributed by atoms with van der Waals surface area (Å²) >= 11 is 0. The Morgan fingerprint density at radius 3 is 2.65 bits per heavy atom. The molecule has 0 saturated heterocycles. The molecule has 0 heterocycles. The molecular weight excluding hydrogens is 333 g/mol. The predicted molar refractivity (Wildman–Crippen MR) is 100 cm³/mol. The van der Waals surface area contributed by atoms with Crippen molar-refractivity contribution in [2.45, 2.75) is 13.0 Å². The van der Waals surface area contributed by atoms with E-state index >= 15 is 0 Å². The quantitative estimate of drug-likeness (QED) is 0.630. The molecule has 0 aliphatic carbocycles. The van der Waals surface area contributed by atoms with Gasteiger partial charge < -0.3 is 15.2 Å². The molecule has 0 saturated carbocycles. The number of aliphatic hydroxyl groups excluding tert-OH is 1. The van der Waals surface area contributed by atoms with Crippen molar-refractivity contribution in [1.29, 1.82) is 0 Å². The summed E-state index contributed by atoms with van der Waals surface area (Å²) in [5.41, 5.74) is 0.358. The maximum absolute atomic E-state index is 13.8. The van der Waals surface area contributed by atoms with Gasteiger partial charge in [-0.25, -0.2) is 4.39 Å². The van der Waals surface area contributed by atoms with E-state index in [1.54, 1.807) is 6.07 Å². The van der Waals surface area contributed by atoms with Crippen molar-refractivity contribution in [1.82, 2.24) is 0 Å². The summed E-state index contributed by atoms with van der Waals surface area (Å²) in [4.78, 5) is 11.6. The van der Waals surface area contributed by atoms with Crippen molar-refractivity contribution in [3.05, 3.63) is 72.0 Å². The molecule has 0 amide bonds. The predicted octanol–water partition coefficient (Wildman–Crippen LogP) is 4.03. The number of ether oxygens (including phenoxy) is 1. The molecule has 4 nitrogen and oxygen atoms in total. The number of carbonyl (C=O) groups is 1. The maximum Gasteiger partial charge on any atom is 0.164 e. The van der Waals surface area contributed by atoms with Crippen LogP contribution in [-0.2, 0) is 0 Å². The second kappa shape index (κ2) is 7.97. The molecule has 3 aromatic rings. The van der Waals surface area contributed by atoms with Crippen molar-refractivity contribution in [3.63, 3.8) is 0 Å². The van der Waals surface area contributed by atoms with Crippen molar-refractivity contribution >= 4 is 22.2 Å². The molecule has 0 aliphatic rings. The van der Waals surface area contributed by atoms with Gasteiger partial charge >= 0.3 is 0 Å². The van der Waals surface area contributed by atoms with E-state index < -0.39 is 11.9 Å². The highest BCUT2D eigenvalue weighted by Crippen LogP contribution is 2.25. The van der Waals surface area contributed by atoms with Crippen LogP contribution in [0.3, 0.4) is 0 Å². The molecule has 0 aromatic heterocycles. The number of Topliss-reactive ketones (excluding diaryl/α,β-unsaturated/α-hetero) is 1. The molecule has 1 atom stereocenters. The summed E-state index contributed by atoms with van der Waals surface area (Å²) in [5, 5.41) is 15.1. The molecule has 3 aromatic carbocycles. The second-order valence-corrected chi connectivity index (χ2v) is 6.04. The number of ketones is 1. The Morgan fingerprint density at radius 1 is 1.12 bits per heavy atom. The van der Waals surface area contributed by atoms with Crippen LogP contribution in [0.4, 0.5) is 10.1 Å². The third kappa shape index (κ3) is 4.00. The van der Waals surface area contributed by atoms with E-state index in [0.29, 0.717) is 11.4 Å². The van der Waals surface area contributed by atoms with Crippen LogP contribution in [0.15, 0.2) is 60.7 Å². The monoisotopic (exact) mass is 353 g/mol. The third-order valence-corrected chi connectivity index (χ3v) is 4.07. The highest BCUT2D eigenvalue weighted by atomic mass is 19.1. The fourth-order valence-corrected chi connectivity index (χ4v) is 2.82. The van der Waals surface area contributed by atoms with Crippen LogP contribution in [0, 0.1) is 5.82 Å². The van der Waals surface area contributed by atoms with Crippen molar-refractivity contribution in [2.75, 3.05) is 18.5 Å². The fourth-order valence-electron chi connectivity index (χ4n) is 2.82. The Kier molecular flexibility index (Phi) is 5.49. The summed E-state index contributed by atoms with van der Waals surface area (Å²) in [6.07, 6.45) is -0.822. The molecule has 134 valence electrons. The number of benzene rings is 3. The van der Waals surface area contributed by atoms with E-state index in [1.807, 2.05) is 42.5 Å². The van der Waals surface area contributed by atoms with E-state index in [0.717, 1.165) is 10.8 Å². The SMILES string of the molecule is CC(=O)c1c(F)cccc1NCC(O)COc1cccc2ccccc12. The molecule has 3 rings (SSSR count). The molecule has 1 unspecified atom stereocenters. The van der Waals surface area contributed by atoms with E-state index in [9.17, 15) is 14.3 Å². The molecule has 0 spiro atoms. The van der Waals surface area contributed by atoms with Crippen LogP contribution in [0.5, 0.6) is 5.75 Å². The minimum Gasteiger partial charge on any atom is -0.490 e. The zero-order valence-corrected chi connectivity index (χ0v) is 14.4. The lowest BCUT2D eigenvalue weighted by atomic mass is 10.1. The fraction of sp³-hybridized carbons (Fsp3) is 0.190. The van der Waals surface area contributed by atoms with Crippen LogP contribution in [0.2, 0.25) is 0 Å². The van der Waals surface area contributed by atoms with Crippen LogP contribution < -0.4 is 10.1 Å². The summed E-state index contributed by atoms with van der Waals surface area (Å²) in [6.45, 7) is 1.52. The van der Waals surface area contributed by atoms with Gasteiger partial charge in [-0.15, -0.1) is 0 Å². The second-order valence-electron chi connectivity index (χ2n) is 6.04. The van der Waals surface area contributed by atoms with E-state index in [-0.39, 0.29) is 24.5 Å². The first-order chi connectivity index (χ1) is 12.6. The Hall–Kier alpha value is -2.92. The van der Waals surface area contributed by atoms with Crippen molar-refractivity contribution in [3.8, 4) is 5.75 Å². The Morgan fingerprint density at radius 2 is 1.85 bits per heavy atom. The lowest BCUT2D eigenvalue weighted by Crippen LogP contribution is -2.27. The molecule has 26 heavy (non-hydrogen) atoms. The molecule has 5 heteroatoms. The van der Waals surface area contributed by atoms with Crippen LogP contribution in [0.1, 0.15) is 17.3 Å². The molecular formula is C21H20FNO3. The summed E-state index contributed by atoms with van der Waals surface area (Å²) in [7, 11) is 0. The van der Waals surface area contributed by atoms with Gasteiger partial charge in [0.1, 0.15) is 24.3 Å². The van der Waals surface area contributed by atoms with E-state index in [1.165, 1.54) is 19.1 Å². The standard InChI is InChI=1S/C21H20FNO3/c1-14(24)21-18(22)9-5-10-19(21)23-12-16(25)13-26-20-11-4-7-15-6-2-3-8-17(15)20/h2-11,16,23,25H,12-13H2,1H3. The minimum absolute atomic E-state index is 0.00493. The maximum atomic E-state index is 13.8. The number of hydrogen-bond donors (Lipinski definition) is 2. The van der Waals surface area contributed by atoms with Gasteiger partial charge in [-0.05, 0) is 30.5 Å². The number of anilines is 1. The van der Waals surface area contributed by atoms with Crippen LogP contribution in [-0.4, -0.2) is 30.1 Å². The van der Waals surface area contributed by atoms with Gasteiger partial charge in [0.25, 0.3) is 0 Å². The lowest BCUT2D eigenvalue weighted by molar-refractivity contribution is 0.101. The smallest absolute Gasteiger partial charge is 0.164 e. The summed E-state index contributed by atoms with van der Waals surface area (Å²) in [5.74, 6) is -0.256. The van der Waals surface area contributed by atoms with Gasteiger partial charge in [0.2, 0.25) is 0 Å². The molecule has 2 N–H and O–H groups in total. The van der Waals surface area contributed by atoms with E-state index in [4.69, 9.17) is 4.74 Å². The average molecular weight is 353 g/mol. The van der Waals surface area contributed by atoms with Crippen LogP contribution in [0.25, 0.3) is 10.8 Å².